The Bertz CT molecular complexity index is 191. The van der Waals surface area contributed by atoms with Gasteiger partial charge in [0.05, 0.1) is 0 Å². The first-order valence-electron chi connectivity index (χ1n) is 3.63. The SMILES string of the molecule is NCCS[B]c1ccccc1. The van der Waals surface area contributed by atoms with Crippen LogP contribution in [0.25, 0.3) is 0 Å². The van der Waals surface area contributed by atoms with E-state index in [9.17, 15) is 0 Å². The third kappa shape index (κ3) is 3.49. The van der Waals surface area contributed by atoms with Crippen LogP contribution in [0.3, 0.4) is 0 Å². The minimum Gasteiger partial charge on any atom is -0.330 e. The van der Waals surface area contributed by atoms with E-state index in [0.717, 1.165) is 12.3 Å². The summed E-state index contributed by atoms with van der Waals surface area (Å²) >= 11 is 1.76. The molecule has 11 heavy (non-hydrogen) atoms. The molecule has 0 amide bonds. The summed E-state index contributed by atoms with van der Waals surface area (Å²) in [5, 5.41) is 0. The van der Waals surface area contributed by atoms with E-state index in [1.165, 1.54) is 5.46 Å². The van der Waals surface area contributed by atoms with E-state index >= 15 is 0 Å². The summed E-state index contributed by atoms with van der Waals surface area (Å²) < 4.78 is 0. The molecule has 57 valence electrons. The molecular weight excluding hydrogens is 153 g/mol. The molecule has 1 radical (unpaired) electrons. The largest absolute Gasteiger partial charge is 0.330 e. The Morgan fingerprint density at radius 3 is 2.64 bits per heavy atom. The molecule has 2 N–H and O–H groups in total. The number of benzene rings is 1. The summed E-state index contributed by atoms with van der Waals surface area (Å²) in [6, 6.07) is 10.3. The summed E-state index contributed by atoms with van der Waals surface area (Å²) in [7, 11) is 0. The smallest absolute Gasteiger partial charge is 0.229 e. The predicted octanol–water partition coefficient (Wildman–Crippen LogP) is 0.623. The van der Waals surface area contributed by atoms with Gasteiger partial charge in [0, 0.05) is 6.54 Å². The molecule has 1 nitrogen and oxygen atoms in total. The molecule has 0 aromatic heterocycles. The summed E-state index contributed by atoms with van der Waals surface area (Å²) in [6.07, 6.45) is 0. The van der Waals surface area contributed by atoms with Gasteiger partial charge in [-0.3, -0.25) is 0 Å². The molecule has 3 heteroatoms. The molecule has 0 saturated heterocycles. The first-order valence-corrected chi connectivity index (χ1v) is 4.68. The zero-order valence-corrected chi connectivity index (χ0v) is 7.18. The molecule has 0 fully saturated rings. The van der Waals surface area contributed by atoms with E-state index in [0.29, 0.717) is 0 Å². The van der Waals surface area contributed by atoms with Crippen molar-refractivity contribution in [3.05, 3.63) is 30.3 Å². The van der Waals surface area contributed by atoms with Gasteiger partial charge in [0.1, 0.15) is 0 Å². The Morgan fingerprint density at radius 2 is 2.00 bits per heavy atom. The summed E-state index contributed by atoms with van der Waals surface area (Å²) in [5.74, 6) is 0.995. The molecule has 1 aromatic rings. The number of nitrogens with two attached hydrogens (primary N) is 1. The summed E-state index contributed by atoms with van der Waals surface area (Å²) in [4.78, 5) is 0. The fourth-order valence-corrected chi connectivity index (χ4v) is 1.36. The fourth-order valence-electron chi connectivity index (χ4n) is 0.755. The Kier molecular flexibility index (Phi) is 4.16. The van der Waals surface area contributed by atoms with Gasteiger partial charge in [-0.05, 0) is 5.75 Å². The van der Waals surface area contributed by atoms with Crippen LogP contribution in [0.5, 0.6) is 0 Å². The molecular formula is C8H11BNS. The Balaban J connectivity index is 2.28. The van der Waals surface area contributed by atoms with E-state index in [1.54, 1.807) is 11.6 Å². The Labute approximate surface area is 72.5 Å². The first-order chi connectivity index (χ1) is 5.43. The van der Waals surface area contributed by atoms with Crippen molar-refractivity contribution in [3.63, 3.8) is 0 Å². The molecule has 0 bridgehead atoms. The lowest BCUT2D eigenvalue weighted by atomic mass is 9.95. The van der Waals surface area contributed by atoms with Gasteiger partial charge in [-0.2, -0.15) is 0 Å². The van der Waals surface area contributed by atoms with Gasteiger partial charge in [0.15, 0.2) is 0 Å². The Morgan fingerprint density at radius 1 is 1.27 bits per heavy atom. The van der Waals surface area contributed by atoms with Crippen molar-refractivity contribution in [2.24, 2.45) is 5.73 Å². The number of hydrogen-bond donors (Lipinski definition) is 1. The lowest BCUT2D eigenvalue weighted by Crippen LogP contribution is -2.12. The lowest BCUT2D eigenvalue weighted by molar-refractivity contribution is 1.15. The fraction of sp³-hybridized carbons (Fsp3) is 0.250. The second kappa shape index (κ2) is 5.27. The standard InChI is InChI=1S/C8H11BNS/c10-6-7-11-9-8-4-2-1-3-5-8/h1-5H,6-7,10H2. The van der Waals surface area contributed by atoms with Crippen LogP contribution in [0.2, 0.25) is 0 Å². The molecule has 1 rings (SSSR count). The average molecular weight is 164 g/mol. The van der Waals surface area contributed by atoms with Crippen molar-refractivity contribution in [2.75, 3.05) is 12.3 Å². The molecule has 0 aliphatic carbocycles. The van der Waals surface area contributed by atoms with Crippen LogP contribution >= 0.6 is 11.6 Å². The van der Waals surface area contributed by atoms with E-state index in [2.05, 4.69) is 18.7 Å². The van der Waals surface area contributed by atoms with Crippen molar-refractivity contribution < 1.29 is 0 Å². The normalized spacial score (nSPS) is 9.55. The molecule has 0 unspecified atom stereocenters. The minimum atomic E-state index is 0.744. The topological polar surface area (TPSA) is 26.0 Å². The third-order valence-corrected chi connectivity index (χ3v) is 2.16. The van der Waals surface area contributed by atoms with Crippen molar-refractivity contribution in [3.8, 4) is 0 Å². The third-order valence-electron chi connectivity index (χ3n) is 1.25. The molecule has 0 aliphatic rings. The van der Waals surface area contributed by atoms with Crippen LogP contribution in [-0.2, 0) is 0 Å². The lowest BCUT2D eigenvalue weighted by Gasteiger charge is -1.96. The predicted molar refractivity (Wildman–Crippen MR) is 53.3 cm³/mol. The highest BCUT2D eigenvalue weighted by molar-refractivity contribution is 8.23. The van der Waals surface area contributed by atoms with Crippen LogP contribution < -0.4 is 11.2 Å². The van der Waals surface area contributed by atoms with Crippen LogP contribution in [0.15, 0.2) is 30.3 Å². The maximum atomic E-state index is 5.35. The van der Waals surface area contributed by atoms with Crippen molar-refractivity contribution >= 4 is 23.6 Å². The summed E-state index contributed by atoms with van der Waals surface area (Å²) in [5.41, 5.74) is 6.61. The zero-order valence-electron chi connectivity index (χ0n) is 6.36. The highest BCUT2D eigenvalue weighted by atomic mass is 32.2. The average Bonchev–Trinajstić information content (AvgIpc) is 2.07. The van der Waals surface area contributed by atoms with Gasteiger partial charge in [-0.15, -0.1) is 0 Å². The van der Waals surface area contributed by atoms with E-state index < -0.39 is 0 Å². The van der Waals surface area contributed by atoms with Crippen LogP contribution in [0.4, 0.5) is 0 Å². The summed E-state index contributed by atoms with van der Waals surface area (Å²) in [6.45, 7) is 2.88. The van der Waals surface area contributed by atoms with Gasteiger partial charge < -0.3 is 5.73 Å². The van der Waals surface area contributed by atoms with Crippen LogP contribution in [-0.4, -0.2) is 18.9 Å². The minimum absolute atomic E-state index is 0.744. The van der Waals surface area contributed by atoms with Gasteiger partial charge in [0.2, 0.25) is 6.56 Å². The highest BCUT2D eigenvalue weighted by Crippen LogP contribution is 1.94. The van der Waals surface area contributed by atoms with E-state index in [-0.39, 0.29) is 0 Å². The van der Waals surface area contributed by atoms with Gasteiger partial charge in [0.25, 0.3) is 0 Å². The number of hydrogen-bond acceptors (Lipinski definition) is 2. The van der Waals surface area contributed by atoms with Crippen molar-refractivity contribution in [1.82, 2.24) is 0 Å². The maximum Gasteiger partial charge on any atom is 0.229 e. The highest BCUT2D eigenvalue weighted by Gasteiger charge is 1.92. The molecule has 0 aliphatic heterocycles. The second-order valence-electron chi connectivity index (χ2n) is 2.19. The van der Waals surface area contributed by atoms with Crippen LogP contribution in [0.1, 0.15) is 0 Å². The Hall–Kier alpha value is -0.405. The molecule has 0 spiro atoms. The van der Waals surface area contributed by atoms with Crippen molar-refractivity contribution in [1.29, 1.82) is 0 Å². The maximum absolute atomic E-state index is 5.35. The zero-order chi connectivity index (χ0) is 7.94. The van der Waals surface area contributed by atoms with E-state index in [4.69, 9.17) is 5.73 Å². The molecule has 1 aromatic carbocycles. The second-order valence-corrected chi connectivity index (χ2v) is 3.17. The molecule has 0 heterocycles. The molecule has 0 saturated carbocycles. The van der Waals surface area contributed by atoms with Gasteiger partial charge in [-0.1, -0.05) is 35.8 Å². The first kappa shape index (κ1) is 8.69. The monoisotopic (exact) mass is 164 g/mol. The van der Waals surface area contributed by atoms with Crippen LogP contribution in [0, 0.1) is 0 Å². The van der Waals surface area contributed by atoms with Gasteiger partial charge in [-0.25, -0.2) is 11.6 Å². The van der Waals surface area contributed by atoms with E-state index in [1.807, 2.05) is 18.2 Å². The number of rotatable bonds is 4. The molecule has 0 atom stereocenters. The van der Waals surface area contributed by atoms with Gasteiger partial charge >= 0.3 is 0 Å². The quantitative estimate of drug-likeness (QED) is 0.521. The van der Waals surface area contributed by atoms with Crippen molar-refractivity contribution in [2.45, 2.75) is 0 Å².